The van der Waals surface area contributed by atoms with E-state index in [1.807, 2.05) is 13.8 Å². The van der Waals surface area contributed by atoms with Gasteiger partial charge >= 0.3 is 0 Å². The van der Waals surface area contributed by atoms with Crippen LogP contribution < -0.4 is 5.32 Å². The Balaban J connectivity index is 2.31. The molecule has 2 aromatic heterocycles. The molecule has 0 spiro atoms. The minimum atomic E-state index is -0.248. The summed E-state index contributed by atoms with van der Waals surface area (Å²) in [5.74, 6) is 0.471. The summed E-state index contributed by atoms with van der Waals surface area (Å²) < 4.78 is 13.1. The van der Waals surface area contributed by atoms with Gasteiger partial charge in [0.05, 0.1) is 5.39 Å². The van der Waals surface area contributed by atoms with Crippen molar-refractivity contribution in [2.75, 3.05) is 11.9 Å². The fourth-order valence-corrected chi connectivity index (χ4v) is 3.61. The summed E-state index contributed by atoms with van der Waals surface area (Å²) in [6.45, 7) is 4.76. The zero-order chi connectivity index (χ0) is 15.0. The number of nitrogens with one attached hydrogen (secondary N) is 1. The van der Waals surface area contributed by atoms with E-state index < -0.39 is 0 Å². The number of aryl methyl sites for hydroxylation is 1. The third-order valence-corrected chi connectivity index (χ3v) is 4.35. The number of halogens is 2. The quantitative estimate of drug-likeness (QED) is 0.698. The predicted molar refractivity (Wildman–Crippen MR) is 86.7 cm³/mol. The number of thiophene rings is 1. The third kappa shape index (κ3) is 2.59. The standard InChI is InChI=1S/C15H13ClFN3S/c1-3-18-13-12-11(9-4-6-10(17)7-5-9)8(2)21-14(12)20-15(16)19-13/h4-7H,3H2,1-2H3,(H,18,19,20). The molecule has 2 heterocycles. The molecule has 0 unspecified atom stereocenters. The Kier molecular flexibility index (Phi) is 3.78. The molecule has 0 fully saturated rings. The molecule has 21 heavy (non-hydrogen) atoms. The molecule has 0 saturated heterocycles. The molecule has 1 N–H and O–H groups in total. The van der Waals surface area contributed by atoms with E-state index in [4.69, 9.17) is 11.6 Å². The molecule has 0 atom stereocenters. The molecule has 0 radical (unpaired) electrons. The van der Waals surface area contributed by atoms with Gasteiger partial charge in [-0.05, 0) is 43.1 Å². The largest absolute Gasteiger partial charge is 0.370 e. The molecule has 0 bridgehead atoms. The summed E-state index contributed by atoms with van der Waals surface area (Å²) in [5.41, 5.74) is 1.98. The van der Waals surface area contributed by atoms with Crippen LogP contribution in [-0.4, -0.2) is 16.5 Å². The first-order chi connectivity index (χ1) is 10.1. The van der Waals surface area contributed by atoms with Gasteiger partial charge in [-0.2, -0.15) is 0 Å². The second-order valence-electron chi connectivity index (χ2n) is 4.59. The lowest BCUT2D eigenvalue weighted by Crippen LogP contribution is -2.01. The first-order valence-electron chi connectivity index (χ1n) is 6.56. The maximum atomic E-state index is 13.1. The van der Waals surface area contributed by atoms with E-state index in [0.717, 1.165) is 38.6 Å². The second-order valence-corrected chi connectivity index (χ2v) is 6.13. The maximum Gasteiger partial charge on any atom is 0.225 e. The summed E-state index contributed by atoms with van der Waals surface area (Å²) in [5, 5.41) is 4.39. The molecule has 1 aromatic carbocycles. The van der Waals surface area contributed by atoms with Gasteiger partial charge < -0.3 is 5.32 Å². The zero-order valence-corrected chi connectivity index (χ0v) is 13.1. The van der Waals surface area contributed by atoms with Crippen molar-refractivity contribution in [1.29, 1.82) is 0 Å². The number of rotatable bonds is 3. The fraction of sp³-hybridized carbons (Fsp3) is 0.200. The molecule has 3 aromatic rings. The average molecular weight is 322 g/mol. The Morgan fingerprint density at radius 1 is 1.24 bits per heavy atom. The van der Waals surface area contributed by atoms with Gasteiger partial charge in [0.25, 0.3) is 0 Å². The van der Waals surface area contributed by atoms with Gasteiger partial charge in [-0.15, -0.1) is 11.3 Å². The lowest BCUT2D eigenvalue weighted by atomic mass is 10.0. The molecule has 0 aliphatic rings. The summed E-state index contributed by atoms with van der Waals surface area (Å²) in [6.07, 6.45) is 0. The summed E-state index contributed by atoms with van der Waals surface area (Å²) in [4.78, 5) is 10.5. The van der Waals surface area contributed by atoms with Crippen molar-refractivity contribution in [2.45, 2.75) is 13.8 Å². The van der Waals surface area contributed by atoms with Crippen molar-refractivity contribution in [3.8, 4) is 11.1 Å². The van der Waals surface area contributed by atoms with Gasteiger partial charge in [0.2, 0.25) is 5.28 Å². The van der Waals surface area contributed by atoms with Gasteiger partial charge in [0, 0.05) is 17.0 Å². The van der Waals surface area contributed by atoms with Crippen LogP contribution >= 0.6 is 22.9 Å². The molecule has 6 heteroatoms. The number of hydrogen-bond donors (Lipinski definition) is 1. The lowest BCUT2D eigenvalue weighted by molar-refractivity contribution is 0.628. The molecule has 3 nitrogen and oxygen atoms in total. The van der Waals surface area contributed by atoms with Crippen LogP contribution in [0.5, 0.6) is 0 Å². The Morgan fingerprint density at radius 2 is 1.95 bits per heavy atom. The highest BCUT2D eigenvalue weighted by Gasteiger charge is 2.17. The first kappa shape index (κ1) is 14.2. The van der Waals surface area contributed by atoms with E-state index in [0.29, 0.717) is 0 Å². The van der Waals surface area contributed by atoms with Gasteiger partial charge in [-0.25, -0.2) is 14.4 Å². The molecule has 0 aliphatic heterocycles. The number of fused-ring (bicyclic) bond motifs is 1. The van der Waals surface area contributed by atoms with Crippen LogP contribution in [0.3, 0.4) is 0 Å². The normalized spacial score (nSPS) is 11.0. The summed E-state index contributed by atoms with van der Waals surface area (Å²) in [6, 6.07) is 6.46. The monoisotopic (exact) mass is 321 g/mol. The number of hydrogen-bond acceptors (Lipinski definition) is 4. The van der Waals surface area contributed by atoms with Crippen molar-refractivity contribution in [3.05, 3.63) is 40.2 Å². The molecule has 0 amide bonds. The van der Waals surface area contributed by atoms with Crippen molar-refractivity contribution < 1.29 is 4.39 Å². The van der Waals surface area contributed by atoms with E-state index in [2.05, 4.69) is 15.3 Å². The number of benzene rings is 1. The molecular formula is C15H13ClFN3S. The van der Waals surface area contributed by atoms with E-state index in [1.165, 1.54) is 12.1 Å². The lowest BCUT2D eigenvalue weighted by Gasteiger charge is -2.08. The van der Waals surface area contributed by atoms with E-state index >= 15 is 0 Å². The summed E-state index contributed by atoms with van der Waals surface area (Å²) >= 11 is 7.55. The SMILES string of the molecule is CCNc1nc(Cl)nc2sc(C)c(-c3ccc(F)cc3)c12. The fourth-order valence-electron chi connectivity index (χ4n) is 2.34. The molecule has 0 saturated carbocycles. The molecule has 3 rings (SSSR count). The van der Waals surface area contributed by atoms with Crippen LogP contribution in [0.4, 0.5) is 10.2 Å². The second kappa shape index (κ2) is 5.58. The van der Waals surface area contributed by atoms with Gasteiger partial charge in [0.15, 0.2) is 0 Å². The highest BCUT2D eigenvalue weighted by molar-refractivity contribution is 7.19. The van der Waals surface area contributed by atoms with Crippen LogP contribution in [0.25, 0.3) is 21.3 Å². The van der Waals surface area contributed by atoms with Crippen molar-refractivity contribution >= 4 is 39.0 Å². The minimum Gasteiger partial charge on any atom is -0.370 e. The van der Waals surface area contributed by atoms with Crippen LogP contribution in [0.1, 0.15) is 11.8 Å². The van der Waals surface area contributed by atoms with Crippen LogP contribution in [-0.2, 0) is 0 Å². The van der Waals surface area contributed by atoms with Gasteiger partial charge in [-0.3, -0.25) is 0 Å². The third-order valence-electron chi connectivity index (χ3n) is 3.18. The maximum absolute atomic E-state index is 13.1. The van der Waals surface area contributed by atoms with Crippen molar-refractivity contribution in [3.63, 3.8) is 0 Å². The van der Waals surface area contributed by atoms with Gasteiger partial charge in [0.1, 0.15) is 16.5 Å². The minimum absolute atomic E-state index is 0.227. The van der Waals surface area contributed by atoms with E-state index in [1.54, 1.807) is 23.5 Å². The predicted octanol–water partition coefficient (Wildman–Crippen LogP) is 4.89. The van der Waals surface area contributed by atoms with Crippen LogP contribution in [0, 0.1) is 12.7 Å². The Morgan fingerprint density at radius 3 is 2.62 bits per heavy atom. The van der Waals surface area contributed by atoms with Crippen LogP contribution in [0.15, 0.2) is 24.3 Å². The van der Waals surface area contributed by atoms with Crippen LogP contribution in [0.2, 0.25) is 5.28 Å². The number of nitrogens with zero attached hydrogens (tertiary/aromatic N) is 2. The zero-order valence-electron chi connectivity index (χ0n) is 11.6. The average Bonchev–Trinajstić information content (AvgIpc) is 2.76. The van der Waals surface area contributed by atoms with Gasteiger partial charge in [-0.1, -0.05) is 12.1 Å². The Labute approximate surface area is 130 Å². The number of anilines is 1. The first-order valence-corrected chi connectivity index (χ1v) is 7.76. The number of aromatic nitrogens is 2. The summed E-state index contributed by atoms with van der Waals surface area (Å²) in [7, 11) is 0. The molecular weight excluding hydrogens is 309 g/mol. The topological polar surface area (TPSA) is 37.8 Å². The smallest absolute Gasteiger partial charge is 0.225 e. The van der Waals surface area contributed by atoms with E-state index in [9.17, 15) is 4.39 Å². The van der Waals surface area contributed by atoms with Crippen molar-refractivity contribution in [1.82, 2.24) is 9.97 Å². The van der Waals surface area contributed by atoms with Crippen molar-refractivity contribution in [2.24, 2.45) is 0 Å². The Hall–Kier alpha value is -1.72. The molecule has 0 aliphatic carbocycles. The molecule has 108 valence electrons. The van der Waals surface area contributed by atoms with E-state index in [-0.39, 0.29) is 11.1 Å². The Bertz CT molecular complexity index is 799. The highest BCUT2D eigenvalue weighted by atomic mass is 35.5. The highest BCUT2D eigenvalue weighted by Crippen LogP contribution is 2.41.